The van der Waals surface area contributed by atoms with Crippen LogP contribution < -0.4 is 14.0 Å². The van der Waals surface area contributed by atoms with E-state index in [1.54, 1.807) is 6.07 Å². The molecule has 516 valence electrons. The summed E-state index contributed by atoms with van der Waals surface area (Å²) in [5, 5.41) is 0. The van der Waals surface area contributed by atoms with Crippen LogP contribution in [0.5, 0.6) is 17.2 Å². The quantitative estimate of drug-likeness (QED) is 0.0122. The Bertz CT molecular complexity index is 2610. The lowest BCUT2D eigenvalue weighted by Gasteiger charge is -2.54. The zero-order valence-electron chi connectivity index (χ0n) is 50.3. The second-order valence-electron chi connectivity index (χ2n) is 21.7. The van der Waals surface area contributed by atoms with E-state index in [1.165, 1.54) is 13.8 Å². The fourth-order valence-corrected chi connectivity index (χ4v) is 10.4. The van der Waals surface area contributed by atoms with Crippen LogP contribution in [0.1, 0.15) is 207 Å². The Balaban J connectivity index is 0.00000135. The van der Waals surface area contributed by atoms with Crippen molar-refractivity contribution in [2.45, 2.75) is 212 Å². The molecule has 0 saturated heterocycles. The summed E-state index contributed by atoms with van der Waals surface area (Å²) in [6, 6.07) is 1.29. The van der Waals surface area contributed by atoms with Crippen molar-refractivity contribution < 1.29 is 129 Å². The summed E-state index contributed by atoms with van der Waals surface area (Å²) >= 11 is 0. The third kappa shape index (κ3) is 24.5. The van der Waals surface area contributed by atoms with E-state index in [9.17, 15) is 79.0 Å². The molecule has 0 heterocycles. The van der Waals surface area contributed by atoms with Crippen molar-refractivity contribution in [3.8, 4) is 17.2 Å². The van der Waals surface area contributed by atoms with Crippen molar-refractivity contribution in [3.63, 3.8) is 0 Å². The summed E-state index contributed by atoms with van der Waals surface area (Å²) in [5.74, 6) is -4.69. The number of ether oxygens (including phenoxy) is 1. The number of quaternary nitrogens is 1. The van der Waals surface area contributed by atoms with Gasteiger partial charge in [-0.05, 0) is 94.0 Å². The summed E-state index contributed by atoms with van der Waals surface area (Å²) in [4.78, 5) is 0. The van der Waals surface area contributed by atoms with Gasteiger partial charge in [0.1, 0.15) is 17.2 Å². The second kappa shape index (κ2) is 33.6. The van der Waals surface area contributed by atoms with Crippen LogP contribution in [-0.4, -0.2) is 38.0 Å². The van der Waals surface area contributed by atoms with Gasteiger partial charge in [-0.15, -0.1) is 6.07 Å². The molecule has 0 saturated carbocycles. The Morgan fingerprint density at radius 3 is 0.923 bits per heavy atom. The first-order valence-corrected chi connectivity index (χ1v) is 29.5. The minimum Gasteiger partial charge on any atom is -0.490 e. The maximum Gasteiger partial charge on any atom is 0.864 e. The highest BCUT2D eigenvalue weighted by molar-refractivity contribution is 6.39. The monoisotopic (exact) mass is 1350 g/mol. The zero-order chi connectivity index (χ0) is 69.1. The first kappa shape index (κ1) is 79.8. The summed E-state index contributed by atoms with van der Waals surface area (Å²) in [7, 11) is -3.35. The van der Waals surface area contributed by atoms with Crippen LogP contribution in [-0.2, 0) is 59.9 Å². The first-order chi connectivity index (χ1) is 41.9. The number of nitrogens with zero attached hydrogens (tertiary/aromatic N) is 1. The highest BCUT2D eigenvalue weighted by atomic mass is 19.4. The number of rotatable bonds is 32. The maximum atomic E-state index is 16.0. The number of hydrogen-bond donors (Lipinski definition) is 0. The summed E-state index contributed by atoms with van der Waals surface area (Å²) in [5.41, 5.74) is -18.8. The molecule has 0 aliphatic rings. The lowest BCUT2D eigenvalue weighted by atomic mass is 9.86. The molecular weight excluding hydrogens is 1280 g/mol. The molecule has 91 heavy (non-hydrogen) atoms. The minimum absolute atomic E-state index is 0.0171. The second-order valence-corrected chi connectivity index (χ2v) is 21.7. The van der Waals surface area contributed by atoms with E-state index in [0.717, 1.165) is 57.8 Å². The molecule has 4 aromatic rings. The number of hydrogen-bond acceptors (Lipinski definition) is 4. The number of unbranched alkanes of at least 4 members (excludes halogenated alkanes) is 15. The van der Waals surface area contributed by atoms with Crippen LogP contribution in [0.4, 0.5) is 105 Å². The Labute approximate surface area is 512 Å². The number of benzene rings is 4. The fourth-order valence-electron chi connectivity index (χ4n) is 10.4. The molecule has 0 bridgehead atoms. The normalized spacial score (nSPS) is 13.8. The van der Waals surface area contributed by atoms with Crippen LogP contribution in [0, 0.1) is 6.07 Å². The maximum absolute atomic E-state index is 16.0. The lowest BCUT2D eigenvalue weighted by Crippen LogP contribution is -2.65. The van der Waals surface area contributed by atoms with Gasteiger partial charge in [0, 0.05) is 6.42 Å². The molecule has 0 aromatic heterocycles. The Hall–Kier alpha value is -5.42. The van der Waals surface area contributed by atoms with Gasteiger partial charge in [-0.3, -0.25) is 4.48 Å². The SMILES string of the molecule is CCCCCCCC[N+](CCCCCCCC)(CCCCCCCC)C(CC)(OCC)c1c(OB(Oc2cc(C(F)(F)F)cc(C(F)(F)F)c2)Oc2cc(C(F)(F)F)cc(C(F)(F)F)c2)cc(C(F)(F)F)cc1C(F)(F)F.FC(F)(F)c1c[c-]cc(C(F)(F)F)c1. The molecule has 0 spiro atoms. The molecular formula is C61H72BF24NO4. The third-order valence-corrected chi connectivity index (χ3v) is 14.8. The van der Waals surface area contributed by atoms with Gasteiger partial charge in [0.25, 0.3) is 0 Å². The number of halogens is 24. The van der Waals surface area contributed by atoms with Crippen molar-refractivity contribution in [1.29, 1.82) is 0 Å². The molecule has 4 aromatic carbocycles. The van der Waals surface area contributed by atoms with Crippen LogP contribution in [0.15, 0.2) is 66.7 Å². The average Bonchev–Trinajstić information content (AvgIpc) is 0.720. The van der Waals surface area contributed by atoms with Gasteiger partial charge in [-0.1, -0.05) is 116 Å². The van der Waals surface area contributed by atoms with Crippen molar-refractivity contribution in [3.05, 3.63) is 123 Å². The molecule has 1 atom stereocenters. The molecule has 1 unspecified atom stereocenters. The molecule has 0 radical (unpaired) electrons. The van der Waals surface area contributed by atoms with Crippen molar-refractivity contribution in [2.24, 2.45) is 0 Å². The van der Waals surface area contributed by atoms with Gasteiger partial charge in [0.05, 0.1) is 65.2 Å². The summed E-state index contributed by atoms with van der Waals surface area (Å²) < 4.78 is 358. The van der Waals surface area contributed by atoms with E-state index in [1.807, 2.05) is 20.8 Å². The standard InChI is InChI=1S/C53H69BF18NO4.C8H3F6/c1-6-11-14-17-20-23-26-73(27-24-21-18-15-12-7-2,28-25-22-19-16-13-8-3)47(9-4,74-10-5)46-44(53(70,71)72)35-41(52(67,68)69)36-45(46)77-54(75-42-31-37(48(55,56)57)29-38(32-42)49(58,59)60)76-43-33-39(50(61,62)63)30-40(34-43)51(64,65)66;9-7(10,11)5-2-1-3-6(4-5)8(12,13)14/h29-36H,6-28H2,1-5H3;2-4H/q+1;-1. The van der Waals surface area contributed by atoms with Crippen molar-refractivity contribution >= 4 is 7.32 Å². The zero-order valence-corrected chi connectivity index (χ0v) is 50.3. The van der Waals surface area contributed by atoms with Gasteiger partial charge < -0.3 is 18.7 Å². The van der Waals surface area contributed by atoms with Gasteiger partial charge in [-0.25, -0.2) is 0 Å². The van der Waals surface area contributed by atoms with E-state index in [0.29, 0.717) is 69.9 Å². The molecule has 0 aliphatic heterocycles. The molecule has 0 amide bonds. The minimum atomic E-state index is -5.76. The van der Waals surface area contributed by atoms with Crippen LogP contribution in [0.25, 0.3) is 0 Å². The molecule has 30 heteroatoms. The van der Waals surface area contributed by atoms with E-state index in [2.05, 4.69) is 0 Å². The fraction of sp³-hybridized carbons (Fsp3) is 0.607. The summed E-state index contributed by atoms with van der Waals surface area (Å²) in [6.07, 6.45) is -31.5. The highest BCUT2D eigenvalue weighted by Gasteiger charge is 2.58. The molecule has 5 nitrogen and oxygen atoms in total. The van der Waals surface area contributed by atoms with Crippen molar-refractivity contribution in [1.82, 2.24) is 0 Å². The molecule has 4 rings (SSSR count). The van der Waals surface area contributed by atoms with Gasteiger partial charge in [0.15, 0.2) is 0 Å². The Morgan fingerprint density at radius 2 is 0.637 bits per heavy atom. The molecule has 0 aliphatic carbocycles. The van der Waals surface area contributed by atoms with Crippen LogP contribution in [0.2, 0.25) is 0 Å². The van der Waals surface area contributed by atoms with E-state index in [4.69, 9.17) is 18.7 Å². The van der Waals surface area contributed by atoms with Gasteiger partial charge >= 0.3 is 56.7 Å². The van der Waals surface area contributed by atoms with E-state index in [-0.39, 0.29) is 78.7 Å². The van der Waals surface area contributed by atoms with Crippen LogP contribution in [0.3, 0.4) is 0 Å². The topological polar surface area (TPSA) is 36.9 Å². The molecule has 0 N–H and O–H groups in total. The predicted octanol–water partition coefficient (Wildman–Crippen LogP) is 23.3. The first-order valence-electron chi connectivity index (χ1n) is 29.5. The average molecular weight is 1350 g/mol. The summed E-state index contributed by atoms with van der Waals surface area (Å²) in [6.45, 7) is 8.55. The Kier molecular flexibility index (Phi) is 29.5. The van der Waals surface area contributed by atoms with E-state index < -0.39 is 143 Å². The van der Waals surface area contributed by atoms with E-state index >= 15 is 26.3 Å². The van der Waals surface area contributed by atoms with Gasteiger partial charge in [0.2, 0.25) is 5.72 Å². The number of alkyl halides is 24. The van der Waals surface area contributed by atoms with Crippen LogP contribution >= 0.6 is 0 Å². The Morgan fingerprint density at radius 1 is 0.341 bits per heavy atom. The largest absolute Gasteiger partial charge is 0.864 e. The van der Waals surface area contributed by atoms with Gasteiger partial charge in [-0.2, -0.15) is 124 Å². The highest BCUT2D eigenvalue weighted by Crippen LogP contribution is 2.53. The smallest absolute Gasteiger partial charge is 0.490 e. The lowest BCUT2D eigenvalue weighted by molar-refractivity contribution is -1.01. The van der Waals surface area contributed by atoms with Crippen molar-refractivity contribution in [2.75, 3.05) is 26.2 Å². The molecule has 0 fully saturated rings. The predicted molar refractivity (Wildman–Crippen MR) is 291 cm³/mol. The third-order valence-electron chi connectivity index (χ3n) is 14.8.